The third-order valence-corrected chi connectivity index (χ3v) is 8.12. The third-order valence-electron chi connectivity index (χ3n) is 7.03. The lowest BCUT2D eigenvalue weighted by Gasteiger charge is -2.33. The molecule has 1 unspecified atom stereocenters. The number of aliphatic hydroxyl groups excluding tert-OH is 1. The summed E-state index contributed by atoms with van der Waals surface area (Å²) in [5, 5.41) is 15.4. The lowest BCUT2D eigenvalue weighted by atomic mass is 10.0. The highest BCUT2D eigenvalue weighted by molar-refractivity contribution is 7.21. The molecule has 4 aromatic rings. The number of pyridine rings is 1. The maximum atomic E-state index is 15.4. The number of piperidine rings is 1. The van der Waals surface area contributed by atoms with E-state index in [0.717, 1.165) is 17.8 Å². The van der Waals surface area contributed by atoms with Crippen LogP contribution in [0.2, 0.25) is 0 Å². The smallest absolute Gasteiger partial charge is 0.331 e. The average molecular weight is 576 g/mol. The van der Waals surface area contributed by atoms with E-state index >= 15 is 4.39 Å². The predicted octanol–water partition coefficient (Wildman–Crippen LogP) is 5.01. The number of ether oxygens (including phenoxy) is 1. The number of nitrogens with zero attached hydrogens (tertiary/aromatic N) is 3. The maximum absolute atomic E-state index is 15.4. The topological polar surface area (TPSA) is 124 Å². The molecule has 0 radical (unpaired) electrons. The number of para-hydroxylation sites is 1. The van der Waals surface area contributed by atoms with Crippen LogP contribution in [0.15, 0.2) is 60.8 Å². The average Bonchev–Trinajstić information content (AvgIpc) is 3.34. The van der Waals surface area contributed by atoms with E-state index in [9.17, 15) is 14.4 Å². The molecule has 12 heteroatoms. The number of hydrogen-bond donors (Lipinski definition) is 3. The van der Waals surface area contributed by atoms with Gasteiger partial charge in [-0.15, -0.1) is 11.3 Å². The minimum Gasteiger partial charge on any atom is -0.457 e. The second kappa shape index (κ2) is 11.1. The van der Waals surface area contributed by atoms with E-state index in [-0.39, 0.29) is 41.3 Å². The highest BCUT2D eigenvalue weighted by atomic mass is 32.1. The Morgan fingerprint density at radius 1 is 1.15 bits per heavy atom. The number of carbonyl (C=O) groups is 3. The van der Waals surface area contributed by atoms with Crippen molar-refractivity contribution in [2.75, 3.05) is 29.9 Å². The molecular formula is C29H26FN5O5S. The number of nitrogens with one attached hydrogen (secondary N) is 2. The Morgan fingerprint density at radius 3 is 2.76 bits per heavy atom. The molecular weight excluding hydrogens is 549 g/mol. The van der Waals surface area contributed by atoms with Crippen LogP contribution in [0, 0.1) is 5.82 Å². The molecule has 6 rings (SSSR count). The number of carbonyl (C=O) groups excluding carboxylic acids is 3. The highest BCUT2D eigenvalue weighted by Gasteiger charge is 2.35. The Morgan fingerprint density at radius 2 is 1.98 bits per heavy atom. The molecule has 4 amide bonds. The van der Waals surface area contributed by atoms with Crippen molar-refractivity contribution in [3.05, 3.63) is 71.5 Å². The van der Waals surface area contributed by atoms with Gasteiger partial charge in [-0.25, -0.2) is 14.2 Å². The molecule has 0 bridgehead atoms. The predicted molar refractivity (Wildman–Crippen MR) is 152 cm³/mol. The summed E-state index contributed by atoms with van der Waals surface area (Å²) in [4.78, 5) is 47.0. The molecule has 0 saturated carbocycles. The fourth-order valence-electron chi connectivity index (χ4n) is 5.17. The molecule has 2 aliphatic rings. The van der Waals surface area contributed by atoms with Gasteiger partial charge in [0.1, 0.15) is 21.2 Å². The number of benzene rings is 2. The molecule has 2 aliphatic heterocycles. The Balaban J connectivity index is 1.27. The van der Waals surface area contributed by atoms with Crippen LogP contribution in [0.4, 0.5) is 26.2 Å². The van der Waals surface area contributed by atoms with E-state index in [1.807, 2.05) is 18.2 Å². The number of thiophene rings is 1. The summed E-state index contributed by atoms with van der Waals surface area (Å²) < 4.78 is 21.1. The Bertz CT molecular complexity index is 1650. The molecule has 0 spiro atoms. The zero-order valence-corrected chi connectivity index (χ0v) is 22.6. The minimum absolute atomic E-state index is 0.0214. The number of anilines is 3. The highest BCUT2D eigenvalue weighted by Crippen LogP contribution is 2.46. The molecule has 2 aromatic carbocycles. The molecule has 10 nitrogen and oxygen atoms in total. The second-order valence-electron chi connectivity index (χ2n) is 9.74. The lowest BCUT2D eigenvalue weighted by molar-refractivity contribution is -0.133. The molecule has 0 aliphatic carbocycles. The van der Waals surface area contributed by atoms with Gasteiger partial charge in [0.2, 0.25) is 5.91 Å². The van der Waals surface area contributed by atoms with Crippen LogP contribution in [-0.4, -0.2) is 58.6 Å². The second-order valence-corrected chi connectivity index (χ2v) is 10.7. The van der Waals surface area contributed by atoms with Crippen LogP contribution in [-0.2, 0) is 4.79 Å². The number of aliphatic hydroxyl groups is 1. The largest absolute Gasteiger partial charge is 0.457 e. The van der Waals surface area contributed by atoms with E-state index in [1.54, 1.807) is 29.2 Å². The summed E-state index contributed by atoms with van der Waals surface area (Å²) in [6, 6.07) is 14.0. The third kappa shape index (κ3) is 5.19. The number of likely N-dealkylation sites (tertiary alicyclic amines) is 1. The van der Waals surface area contributed by atoms with Gasteiger partial charge in [0.25, 0.3) is 5.91 Å². The molecule has 1 fully saturated rings. The fraction of sp³-hybridized carbons (Fsp3) is 0.241. The van der Waals surface area contributed by atoms with Crippen molar-refractivity contribution in [1.29, 1.82) is 0 Å². The molecule has 41 heavy (non-hydrogen) atoms. The maximum Gasteiger partial charge on any atom is 0.331 e. The summed E-state index contributed by atoms with van der Waals surface area (Å²) in [6.07, 6.45) is 2.98. The Labute approximate surface area is 238 Å². The molecule has 210 valence electrons. The summed E-state index contributed by atoms with van der Waals surface area (Å²) in [7, 11) is 0. The van der Waals surface area contributed by atoms with Crippen LogP contribution >= 0.6 is 11.3 Å². The van der Waals surface area contributed by atoms with Crippen LogP contribution in [0.5, 0.6) is 11.5 Å². The van der Waals surface area contributed by atoms with Crippen molar-refractivity contribution >= 4 is 56.5 Å². The number of halogens is 1. The molecule has 3 N–H and O–H groups in total. The van der Waals surface area contributed by atoms with Crippen LogP contribution in [0.3, 0.4) is 0 Å². The normalized spacial score (nSPS) is 16.4. The van der Waals surface area contributed by atoms with Crippen LogP contribution < -0.4 is 20.3 Å². The van der Waals surface area contributed by atoms with Gasteiger partial charge in [-0.2, -0.15) is 0 Å². The lowest BCUT2D eigenvalue weighted by Crippen LogP contribution is -2.49. The van der Waals surface area contributed by atoms with E-state index < -0.39 is 17.8 Å². The van der Waals surface area contributed by atoms with E-state index in [4.69, 9.17) is 9.84 Å². The first-order valence-electron chi connectivity index (χ1n) is 13.2. The number of hydrogen-bond acceptors (Lipinski definition) is 7. The quantitative estimate of drug-likeness (QED) is 0.285. The summed E-state index contributed by atoms with van der Waals surface area (Å²) in [5.74, 6) is -0.371. The van der Waals surface area contributed by atoms with Gasteiger partial charge < -0.3 is 25.4 Å². The number of amides is 4. The number of rotatable bonds is 7. The summed E-state index contributed by atoms with van der Waals surface area (Å²) >= 11 is 1.13. The first-order valence-corrected chi connectivity index (χ1v) is 14.0. The number of urea groups is 1. The van der Waals surface area contributed by atoms with Gasteiger partial charge in [0, 0.05) is 37.8 Å². The first-order chi connectivity index (χ1) is 19.9. The van der Waals surface area contributed by atoms with Gasteiger partial charge in [0.15, 0.2) is 5.82 Å². The first kappa shape index (κ1) is 26.7. The van der Waals surface area contributed by atoms with Gasteiger partial charge in [-0.3, -0.25) is 14.5 Å². The van der Waals surface area contributed by atoms with Crippen LogP contribution in [0.25, 0.3) is 10.2 Å². The zero-order chi connectivity index (χ0) is 28.5. The SMILES string of the molecule is O=C(NC1CCCN(C(=O)CCO)C1)c1sc2nccc3c2c1NC(=O)N3c1ccc(Oc2ccccc2)cc1F. The summed E-state index contributed by atoms with van der Waals surface area (Å²) in [6.45, 7) is 0.700. The standard InChI is InChI=1S/C29H26FN5O5S/c30-20-15-19(40-18-6-2-1-3-7-18)8-9-21(20)35-22-10-12-31-28-24(22)25(33-29(35)39)26(41-28)27(38)32-17-5-4-13-34(16-17)23(37)11-14-36/h1-3,6-10,12,15,17,36H,4-5,11,13-14,16H2,(H,32,38)(H,33,39). The van der Waals surface area contributed by atoms with Gasteiger partial charge in [-0.05, 0) is 43.2 Å². The molecule has 4 heterocycles. The van der Waals surface area contributed by atoms with Crippen molar-refractivity contribution in [2.24, 2.45) is 0 Å². The molecule has 1 atom stereocenters. The van der Waals surface area contributed by atoms with E-state index in [1.165, 1.54) is 23.2 Å². The van der Waals surface area contributed by atoms with Crippen molar-refractivity contribution in [3.8, 4) is 11.5 Å². The molecule has 2 aromatic heterocycles. The van der Waals surface area contributed by atoms with Crippen molar-refractivity contribution in [1.82, 2.24) is 15.2 Å². The minimum atomic E-state index is -0.659. The van der Waals surface area contributed by atoms with Crippen molar-refractivity contribution in [3.63, 3.8) is 0 Å². The van der Waals surface area contributed by atoms with E-state index in [0.29, 0.717) is 46.9 Å². The fourth-order valence-corrected chi connectivity index (χ4v) is 6.19. The van der Waals surface area contributed by atoms with Crippen molar-refractivity contribution < 1.29 is 28.6 Å². The monoisotopic (exact) mass is 575 g/mol. The zero-order valence-electron chi connectivity index (χ0n) is 21.8. The van der Waals surface area contributed by atoms with Crippen molar-refractivity contribution in [2.45, 2.75) is 25.3 Å². The number of aromatic nitrogens is 1. The van der Waals surface area contributed by atoms with Crippen LogP contribution in [0.1, 0.15) is 28.9 Å². The Hall–Kier alpha value is -4.55. The Kier molecular flexibility index (Phi) is 7.25. The van der Waals surface area contributed by atoms with Gasteiger partial charge in [0.05, 0.1) is 29.1 Å². The van der Waals surface area contributed by atoms with Gasteiger partial charge >= 0.3 is 6.03 Å². The van der Waals surface area contributed by atoms with E-state index in [2.05, 4.69) is 15.6 Å². The van der Waals surface area contributed by atoms with Gasteiger partial charge in [-0.1, -0.05) is 18.2 Å². The summed E-state index contributed by atoms with van der Waals surface area (Å²) in [5.41, 5.74) is 0.742. The molecule has 1 saturated heterocycles.